The normalized spacial score (nSPS) is 12.2. The molecule has 18 heteroatoms. The zero-order chi connectivity index (χ0) is 35.5. The fourth-order valence-electron chi connectivity index (χ4n) is 4.26. The highest BCUT2D eigenvalue weighted by Crippen LogP contribution is 2.37. The average Bonchev–Trinajstić information content (AvgIpc) is 3.02. The van der Waals surface area contributed by atoms with Crippen LogP contribution in [0.4, 0.5) is 29.0 Å². The summed E-state index contributed by atoms with van der Waals surface area (Å²) in [5.74, 6) is -0.955. The van der Waals surface area contributed by atoms with E-state index in [-0.39, 0.29) is 50.1 Å². The summed E-state index contributed by atoms with van der Waals surface area (Å²) in [6, 6.07) is 8.07. The van der Waals surface area contributed by atoms with Crippen LogP contribution in [-0.2, 0) is 20.4 Å². The van der Waals surface area contributed by atoms with Crippen LogP contribution in [0.15, 0.2) is 48.7 Å². The number of nitrogens with zero attached hydrogens (tertiary/aromatic N) is 2. The number of urea groups is 2. The number of fused-ring (bicyclic) bond motifs is 1. The quantitative estimate of drug-likeness (QED) is 0.0914. The number of halogens is 3. The van der Waals surface area contributed by atoms with E-state index in [1.807, 2.05) is 0 Å². The lowest BCUT2D eigenvalue weighted by atomic mass is 9.95. The number of nitrogens with one attached hydrogen (secondary N) is 4. The van der Waals surface area contributed by atoms with E-state index in [1.165, 1.54) is 48.5 Å². The van der Waals surface area contributed by atoms with Crippen molar-refractivity contribution in [3.8, 4) is 0 Å². The number of phosphoric acid groups is 1. The number of ether oxygens (including phenoxy) is 1. The molecule has 3 rings (SSSR count). The molecule has 5 amide bonds. The molecular formula is C30H38ClF2N6O8P. The van der Waals surface area contributed by atoms with Crippen LogP contribution in [-0.4, -0.2) is 77.2 Å². The van der Waals surface area contributed by atoms with E-state index in [9.17, 15) is 27.7 Å². The van der Waals surface area contributed by atoms with E-state index >= 15 is 0 Å². The summed E-state index contributed by atoms with van der Waals surface area (Å²) in [6.45, 7) is 2.93. The van der Waals surface area contributed by atoms with Gasteiger partial charge in [-0.25, -0.2) is 32.7 Å². The number of carbonyl (C=O) groups excluding carboxylic acids is 3. The fourth-order valence-corrected chi connectivity index (χ4v) is 4.97. The zero-order valence-electron chi connectivity index (χ0n) is 26.5. The summed E-state index contributed by atoms with van der Waals surface area (Å²) < 4.78 is 48.3. The summed E-state index contributed by atoms with van der Waals surface area (Å²) in [7, 11) is -3.17. The van der Waals surface area contributed by atoms with Gasteiger partial charge in [0.25, 0.3) is 0 Å². The van der Waals surface area contributed by atoms with E-state index in [0.717, 1.165) is 0 Å². The molecule has 0 saturated carbocycles. The lowest BCUT2D eigenvalue weighted by Crippen LogP contribution is -2.46. The highest BCUT2D eigenvalue weighted by Gasteiger charge is 2.25. The number of hydrogen-bond acceptors (Lipinski definition) is 7. The minimum atomic E-state index is -4.65. The Kier molecular flexibility index (Phi) is 13.9. The number of phosphoric ester groups is 1. The van der Waals surface area contributed by atoms with Crippen LogP contribution in [0, 0.1) is 17.0 Å². The second-order valence-corrected chi connectivity index (χ2v) is 13.2. The predicted octanol–water partition coefficient (Wildman–Crippen LogP) is 5.14. The smallest absolute Gasteiger partial charge is 0.447 e. The SMILES string of the molecule is CN(C(=O)NCc1cccc(F)c1Cl)[C@@H](CCCNC(=O)NCC(C)(C)COP(=O)(O)O)COC(=O)Nc1cc2cc(F)ccc2cn1. The van der Waals surface area contributed by atoms with Crippen molar-refractivity contribution >= 4 is 54.2 Å². The topological polar surface area (TPSA) is 191 Å². The van der Waals surface area contributed by atoms with Crippen molar-refractivity contribution in [2.45, 2.75) is 39.3 Å². The first kappa shape index (κ1) is 38.4. The third-order valence-electron chi connectivity index (χ3n) is 7.00. The number of hydrogen-bond donors (Lipinski definition) is 6. The second-order valence-electron chi connectivity index (χ2n) is 11.6. The largest absolute Gasteiger partial charge is 0.469 e. The molecule has 0 spiro atoms. The van der Waals surface area contributed by atoms with E-state index in [1.54, 1.807) is 26.0 Å². The number of rotatable bonds is 15. The minimum absolute atomic E-state index is 0.0592. The summed E-state index contributed by atoms with van der Waals surface area (Å²) >= 11 is 6.00. The maximum Gasteiger partial charge on any atom is 0.469 e. The Morgan fingerprint density at radius 3 is 2.56 bits per heavy atom. The van der Waals surface area contributed by atoms with Gasteiger partial charge in [-0.15, -0.1) is 0 Å². The van der Waals surface area contributed by atoms with Gasteiger partial charge in [-0.1, -0.05) is 37.6 Å². The molecule has 1 heterocycles. The number of pyridine rings is 1. The van der Waals surface area contributed by atoms with E-state index in [2.05, 4.69) is 30.8 Å². The molecule has 0 aliphatic heterocycles. The first-order valence-electron chi connectivity index (χ1n) is 14.7. The number of likely N-dealkylation sites (N-methyl/N-ethyl adjacent to an activating group) is 1. The molecule has 0 saturated heterocycles. The van der Waals surface area contributed by atoms with Gasteiger partial charge in [0.2, 0.25) is 0 Å². The Morgan fingerprint density at radius 2 is 1.83 bits per heavy atom. The number of anilines is 1. The van der Waals surface area contributed by atoms with Crippen molar-refractivity contribution in [2.75, 3.05) is 38.7 Å². The number of carbonyl (C=O) groups is 3. The molecule has 3 aromatic rings. The van der Waals surface area contributed by atoms with Crippen molar-refractivity contribution in [1.82, 2.24) is 25.8 Å². The maximum atomic E-state index is 13.8. The van der Waals surface area contributed by atoms with Crippen molar-refractivity contribution < 1.29 is 46.8 Å². The Labute approximate surface area is 280 Å². The summed E-state index contributed by atoms with van der Waals surface area (Å²) in [5.41, 5.74) is -0.411. The second kappa shape index (κ2) is 17.4. The Hall–Kier alpha value is -4.08. The third-order valence-corrected chi connectivity index (χ3v) is 7.89. The molecule has 2 aromatic carbocycles. The first-order valence-corrected chi connectivity index (χ1v) is 16.6. The van der Waals surface area contributed by atoms with Gasteiger partial charge in [0.15, 0.2) is 0 Å². The molecule has 48 heavy (non-hydrogen) atoms. The molecular weight excluding hydrogens is 677 g/mol. The van der Waals surface area contributed by atoms with Gasteiger partial charge >= 0.3 is 26.0 Å². The van der Waals surface area contributed by atoms with Gasteiger partial charge < -0.3 is 35.4 Å². The number of amides is 5. The fraction of sp³-hybridized carbons (Fsp3) is 0.400. The average molecular weight is 715 g/mol. The summed E-state index contributed by atoms with van der Waals surface area (Å²) in [4.78, 5) is 61.2. The van der Waals surface area contributed by atoms with Gasteiger partial charge in [0.05, 0.1) is 17.7 Å². The van der Waals surface area contributed by atoms with Crippen molar-refractivity contribution in [2.24, 2.45) is 5.41 Å². The monoisotopic (exact) mass is 714 g/mol. The first-order chi connectivity index (χ1) is 22.5. The molecule has 1 aromatic heterocycles. The predicted molar refractivity (Wildman–Crippen MR) is 174 cm³/mol. The van der Waals surface area contributed by atoms with Crippen LogP contribution in [0.5, 0.6) is 0 Å². The molecule has 0 radical (unpaired) electrons. The van der Waals surface area contributed by atoms with Crippen LogP contribution in [0.3, 0.4) is 0 Å². The van der Waals surface area contributed by atoms with Crippen LogP contribution < -0.4 is 21.3 Å². The molecule has 0 unspecified atom stereocenters. The highest BCUT2D eigenvalue weighted by molar-refractivity contribution is 7.46. The number of benzene rings is 2. The molecule has 14 nitrogen and oxygen atoms in total. The third kappa shape index (κ3) is 12.8. The van der Waals surface area contributed by atoms with Gasteiger partial charge in [-0.05, 0) is 54.1 Å². The van der Waals surface area contributed by atoms with Gasteiger partial charge in [0.1, 0.15) is 24.1 Å². The summed E-state index contributed by atoms with van der Waals surface area (Å²) in [6.07, 6.45) is 1.22. The van der Waals surface area contributed by atoms with Crippen LogP contribution in [0.2, 0.25) is 5.02 Å². The Bertz CT molecular complexity index is 1650. The Morgan fingerprint density at radius 1 is 1.08 bits per heavy atom. The van der Waals surface area contributed by atoms with Crippen LogP contribution in [0.1, 0.15) is 32.3 Å². The molecule has 1 atom stereocenters. The lowest BCUT2D eigenvalue weighted by molar-refractivity contribution is 0.113. The molecule has 0 aliphatic rings. The van der Waals surface area contributed by atoms with Gasteiger partial charge in [-0.2, -0.15) is 0 Å². The van der Waals surface area contributed by atoms with E-state index in [0.29, 0.717) is 22.8 Å². The van der Waals surface area contributed by atoms with E-state index < -0.39 is 49.1 Å². The van der Waals surface area contributed by atoms with Crippen molar-refractivity contribution in [3.05, 3.63) is 70.9 Å². The van der Waals surface area contributed by atoms with Gasteiger partial charge in [-0.3, -0.25) is 9.84 Å². The van der Waals surface area contributed by atoms with Crippen LogP contribution >= 0.6 is 19.4 Å². The maximum absolute atomic E-state index is 13.8. The Balaban J connectivity index is 1.56. The van der Waals surface area contributed by atoms with Crippen molar-refractivity contribution in [3.63, 3.8) is 0 Å². The number of aromatic nitrogens is 1. The summed E-state index contributed by atoms with van der Waals surface area (Å²) in [5, 5.41) is 11.5. The highest BCUT2D eigenvalue weighted by atomic mass is 35.5. The lowest BCUT2D eigenvalue weighted by Gasteiger charge is -2.28. The van der Waals surface area contributed by atoms with Crippen LogP contribution in [0.25, 0.3) is 10.8 Å². The molecule has 0 fully saturated rings. The molecule has 6 N–H and O–H groups in total. The van der Waals surface area contributed by atoms with Gasteiger partial charge in [0, 0.05) is 43.7 Å². The molecule has 0 bridgehead atoms. The molecule has 0 aliphatic carbocycles. The minimum Gasteiger partial charge on any atom is -0.447 e. The standard InChI is InChI=1S/C30H38ClF2N6O8P/c1-30(2,18-47-48(43,44)45)17-37-27(40)34-11-5-7-23(39(3)28(41)36-15-20-6-4-8-24(33)26(20)31)16-46-29(42)38-25-13-21-12-22(32)10-9-19(21)14-35-25/h4,6,8-10,12-14,23H,5,7,11,15-18H2,1-3H3,(H,36,41)(H2,34,37,40)(H,35,38,42)(H2,43,44,45)/t23-/m0/s1. The zero-order valence-corrected chi connectivity index (χ0v) is 28.1. The van der Waals surface area contributed by atoms with Crippen molar-refractivity contribution in [1.29, 1.82) is 0 Å². The molecule has 262 valence electrons. The van der Waals surface area contributed by atoms with E-state index in [4.69, 9.17) is 26.1 Å².